The standard InChI is InChI=1S/C14H19NO3.C4H6O6/c1-17-13-6-5-10(8-12(13)14(16)18-2)11-4-3-7-15-9-11;5-1(3(7)8)2(6)4(9)10/h5-6,8,11,15H,3-4,7,9H2,1-2H3;1-2,5-6H,(H,7,8)(H,9,10). The third kappa shape index (κ3) is 6.48. The lowest BCUT2D eigenvalue weighted by molar-refractivity contribution is -0.165. The monoisotopic (exact) mass is 399 g/mol. The largest absolute Gasteiger partial charge is 0.496 e. The molecule has 3 unspecified atom stereocenters. The molecule has 1 saturated heterocycles. The number of hydrogen-bond donors (Lipinski definition) is 5. The van der Waals surface area contributed by atoms with Crippen molar-refractivity contribution in [3.05, 3.63) is 29.3 Å². The highest BCUT2D eigenvalue weighted by Gasteiger charge is 2.29. The predicted molar refractivity (Wildman–Crippen MR) is 96.5 cm³/mol. The molecule has 0 aliphatic carbocycles. The minimum atomic E-state index is -2.27. The van der Waals surface area contributed by atoms with E-state index in [-0.39, 0.29) is 5.97 Å². The molecule has 1 heterocycles. The van der Waals surface area contributed by atoms with E-state index >= 15 is 0 Å². The number of benzene rings is 1. The molecule has 5 N–H and O–H groups in total. The van der Waals surface area contributed by atoms with Crippen LogP contribution in [0.3, 0.4) is 0 Å². The summed E-state index contributed by atoms with van der Waals surface area (Å²) < 4.78 is 9.98. The summed E-state index contributed by atoms with van der Waals surface area (Å²) in [7, 11) is 2.94. The fourth-order valence-corrected chi connectivity index (χ4v) is 2.66. The number of hydrogen-bond acceptors (Lipinski definition) is 8. The number of carbonyl (C=O) groups excluding carboxylic acids is 1. The highest BCUT2D eigenvalue weighted by atomic mass is 16.5. The van der Waals surface area contributed by atoms with Crippen LogP contribution in [-0.4, -0.2) is 77.9 Å². The van der Waals surface area contributed by atoms with Crippen molar-refractivity contribution in [2.45, 2.75) is 31.0 Å². The van der Waals surface area contributed by atoms with Gasteiger partial charge in [-0.2, -0.15) is 0 Å². The second-order valence-corrected chi connectivity index (χ2v) is 6.06. The molecule has 10 heteroatoms. The summed E-state index contributed by atoms with van der Waals surface area (Å²) in [5.41, 5.74) is 1.67. The van der Waals surface area contributed by atoms with E-state index in [2.05, 4.69) is 5.32 Å². The van der Waals surface area contributed by atoms with Crippen molar-refractivity contribution in [2.75, 3.05) is 27.3 Å². The summed E-state index contributed by atoms with van der Waals surface area (Å²) in [5.74, 6) is -2.86. The summed E-state index contributed by atoms with van der Waals surface area (Å²) in [6.07, 6.45) is -2.21. The van der Waals surface area contributed by atoms with Gasteiger partial charge in [0, 0.05) is 6.54 Å². The number of piperidine rings is 1. The Balaban J connectivity index is 0.000000336. The number of aliphatic hydroxyl groups is 2. The summed E-state index contributed by atoms with van der Waals surface area (Å²) in [4.78, 5) is 31.3. The summed E-state index contributed by atoms with van der Waals surface area (Å²) in [6, 6.07) is 5.77. The number of rotatable bonds is 6. The first-order valence-corrected chi connectivity index (χ1v) is 8.51. The number of aliphatic hydroxyl groups excluding tert-OH is 2. The molecule has 1 aliphatic rings. The zero-order chi connectivity index (χ0) is 21.3. The molecule has 0 aromatic heterocycles. The highest BCUT2D eigenvalue weighted by molar-refractivity contribution is 5.92. The van der Waals surface area contributed by atoms with E-state index in [0.29, 0.717) is 17.2 Å². The predicted octanol–water partition coefficient (Wildman–Crippen LogP) is -0.174. The van der Waals surface area contributed by atoms with Crippen LogP contribution in [0.15, 0.2) is 18.2 Å². The average Bonchev–Trinajstić information content (AvgIpc) is 2.72. The number of aliphatic carboxylic acids is 2. The second-order valence-electron chi connectivity index (χ2n) is 6.06. The minimum absolute atomic E-state index is 0.350. The van der Waals surface area contributed by atoms with Crippen LogP contribution in [0, 0.1) is 0 Å². The van der Waals surface area contributed by atoms with Gasteiger partial charge in [-0.3, -0.25) is 0 Å². The Morgan fingerprint density at radius 1 is 1.11 bits per heavy atom. The lowest BCUT2D eigenvalue weighted by Gasteiger charge is -2.23. The van der Waals surface area contributed by atoms with Gasteiger partial charge >= 0.3 is 17.9 Å². The normalized spacial score (nSPS) is 18.1. The Hall–Kier alpha value is -2.69. The Bertz CT molecular complexity index is 668. The molecule has 0 radical (unpaired) electrons. The molecule has 10 nitrogen and oxygen atoms in total. The van der Waals surface area contributed by atoms with Crippen LogP contribution < -0.4 is 10.1 Å². The van der Waals surface area contributed by atoms with Crippen molar-refractivity contribution in [3.63, 3.8) is 0 Å². The van der Waals surface area contributed by atoms with E-state index in [1.807, 2.05) is 18.2 Å². The first kappa shape index (κ1) is 23.3. The van der Waals surface area contributed by atoms with Gasteiger partial charge < -0.3 is 35.2 Å². The van der Waals surface area contributed by atoms with Gasteiger partial charge in [0.25, 0.3) is 0 Å². The smallest absolute Gasteiger partial charge is 0.341 e. The topological polar surface area (TPSA) is 163 Å². The maximum Gasteiger partial charge on any atom is 0.341 e. The molecular formula is C18H25NO9. The zero-order valence-corrected chi connectivity index (χ0v) is 15.6. The molecule has 3 atom stereocenters. The van der Waals surface area contributed by atoms with Crippen LogP contribution >= 0.6 is 0 Å². The highest BCUT2D eigenvalue weighted by Crippen LogP contribution is 2.28. The van der Waals surface area contributed by atoms with Crippen molar-refractivity contribution in [2.24, 2.45) is 0 Å². The Labute approximate surface area is 161 Å². The van der Waals surface area contributed by atoms with Gasteiger partial charge in [0.05, 0.1) is 14.2 Å². The Morgan fingerprint density at radius 2 is 1.71 bits per heavy atom. The fraction of sp³-hybridized carbons (Fsp3) is 0.500. The molecular weight excluding hydrogens is 374 g/mol. The molecule has 0 saturated carbocycles. The SMILES string of the molecule is COC(=O)c1cc(C2CCCNC2)ccc1OC.O=C(O)C(O)C(O)C(=O)O. The maximum atomic E-state index is 11.7. The Kier molecular flexibility index (Phi) is 9.36. The number of carboxylic acids is 2. The quantitative estimate of drug-likeness (QED) is 0.406. The lowest BCUT2D eigenvalue weighted by atomic mass is 9.90. The van der Waals surface area contributed by atoms with Crippen molar-refractivity contribution < 1.29 is 44.3 Å². The van der Waals surface area contributed by atoms with Crippen LogP contribution in [0.25, 0.3) is 0 Å². The summed E-state index contributed by atoms with van der Waals surface area (Å²) in [6.45, 7) is 2.05. The van der Waals surface area contributed by atoms with Crippen molar-refractivity contribution in [3.8, 4) is 5.75 Å². The van der Waals surface area contributed by atoms with E-state index in [0.717, 1.165) is 19.5 Å². The van der Waals surface area contributed by atoms with E-state index in [9.17, 15) is 14.4 Å². The third-order valence-electron chi connectivity index (χ3n) is 4.20. The van der Waals surface area contributed by atoms with Crippen molar-refractivity contribution in [1.29, 1.82) is 0 Å². The van der Waals surface area contributed by atoms with Gasteiger partial charge in [0.15, 0.2) is 12.2 Å². The van der Waals surface area contributed by atoms with Gasteiger partial charge in [0.2, 0.25) is 0 Å². The van der Waals surface area contributed by atoms with Gasteiger partial charge in [-0.05, 0) is 43.0 Å². The van der Waals surface area contributed by atoms with E-state index < -0.39 is 24.1 Å². The van der Waals surface area contributed by atoms with Crippen LogP contribution in [0.2, 0.25) is 0 Å². The molecule has 1 fully saturated rings. The van der Waals surface area contributed by atoms with Crippen LogP contribution in [0.1, 0.15) is 34.7 Å². The second kappa shape index (κ2) is 11.2. The summed E-state index contributed by atoms with van der Waals surface area (Å²) >= 11 is 0. The van der Waals surface area contributed by atoms with Crippen molar-refractivity contribution >= 4 is 17.9 Å². The zero-order valence-electron chi connectivity index (χ0n) is 15.6. The fourth-order valence-electron chi connectivity index (χ4n) is 2.66. The van der Waals surface area contributed by atoms with E-state index in [4.69, 9.17) is 29.9 Å². The van der Waals surface area contributed by atoms with E-state index in [1.54, 1.807) is 7.11 Å². The number of methoxy groups -OCH3 is 2. The molecule has 28 heavy (non-hydrogen) atoms. The molecule has 0 amide bonds. The number of ether oxygens (including phenoxy) is 2. The molecule has 2 rings (SSSR count). The number of carbonyl (C=O) groups is 3. The third-order valence-corrected chi connectivity index (χ3v) is 4.20. The Morgan fingerprint density at radius 3 is 2.14 bits per heavy atom. The number of esters is 1. The van der Waals surface area contributed by atoms with Gasteiger partial charge in [0.1, 0.15) is 11.3 Å². The molecule has 156 valence electrons. The molecule has 1 aliphatic heterocycles. The molecule has 0 spiro atoms. The van der Waals surface area contributed by atoms with Crippen LogP contribution in [-0.2, 0) is 14.3 Å². The lowest BCUT2D eigenvalue weighted by Crippen LogP contribution is -2.39. The number of carboxylic acid groups (broad SMARTS) is 2. The van der Waals surface area contributed by atoms with Crippen LogP contribution in [0.4, 0.5) is 0 Å². The molecule has 1 aromatic carbocycles. The van der Waals surface area contributed by atoms with Crippen molar-refractivity contribution in [1.82, 2.24) is 5.32 Å². The average molecular weight is 399 g/mol. The first-order valence-electron chi connectivity index (χ1n) is 8.51. The summed E-state index contributed by atoms with van der Waals surface area (Å²) in [5, 5.41) is 35.9. The van der Waals surface area contributed by atoms with E-state index in [1.165, 1.54) is 19.1 Å². The maximum absolute atomic E-state index is 11.7. The van der Waals surface area contributed by atoms with Gasteiger partial charge in [-0.25, -0.2) is 14.4 Å². The molecule has 1 aromatic rings. The first-order chi connectivity index (χ1) is 13.2. The minimum Gasteiger partial charge on any atom is -0.496 e. The van der Waals surface area contributed by atoms with Crippen LogP contribution in [0.5, 0.6) is 5.75 Å². The number of nitrogens with one attached hydrogen (secondary N) is 1. The van der Waals surface area contributed by atoms with Gasteiger partial charge in [-0.1, -0.05) is 6.07 Å². The van der Waals surface area contributed by atoms with Gasteiger partial charge in [-0.15, -0.1) is 0 Å². The molecule has 0 bridgehead atoms.